The zero-order valence-electron chi connectivity index (χ0n) is 15.6. The number of benzene rings is 1. The fourth-order valence-corrected chi connectivity index (χ4v) is 3.15. The summed E-state index contributed by atoms with van der Waals surface area (Å²) in [6.45, 7) is 4.70. The van der Waals surface area contributed by atoms with Crippen LogP contribution in [-0.2, 0) is 6.42 Å². The Morgan fingerprint density at radius 1 is 1.12 bits per heavy atom. The molecule has 0 amide bonds. The Morgan fingerprint density at radius 2 is 1.88 bits per heavy atom. The van der Waals surface area contributed by atoms with Gasteiger partial charge in [0.05, 0.1) is 7.11 Å². The quantitative estimate of drug-likeness (QED) is 0.658. The van der Waals surface area contributed by atoms with Crippen molar-refractivity contribution in [2.24, 2.45) is 4.99 Å². The molecule has 0 saturated carbocycles. The van der Waals surface area contributed by atoms with E-state index in [1.165, 1.54) is 5.69 Å². The molecule has 0 aliphatic carbocycles. The first-order chi connectivity index (χ1) is 12.8. The number of ether oxygens (including phenoxy) is 1. The van der Waals surface area contributed by atoms with E-state index in [9.17, 15) is 0 Å². The normalized spacial score (nSPS) is 15.1. The molecule has 1 fully saturated rings. The van der Waals surface area contributed by atoms with Gasteiger partial charge >= 0.3 is 0 Å². The van der Waals surface area contributed by atoms with Crippen molar-refractivity contribution < 1.29 is 4.74 Å². The average Bonchev–Trinajstić information content (AvgIpc) is 2.72. The summed E-state index contributed by atoms with van der Waals surface area (Å²) in [6.07, 6.45) is 2.73. The van der Waals surface area contributed by atoms with Gasteiger partial charge in [-0.05, 0) is 36.4 Å². The highest BCUT2D eigenvalue weighted by Gasteiger charge is 2.19. The Labute approximate surface area is 155 Å². The minimum atomic E-state index is 0.836. The predicted molar refractivity (Wildman–Crippen MR) is 106 cm³/mol. The van der Waals surface area contributed by atoms with Crippen LogP contribution in [-0.4, -0.2) is 62.7 Å². The number of aromatic nitrogens is 1. The SMILES string of the molecule is CN=C(NCCc1ccccn1)N1CCN(c2ccc(OC)cc2)CC1. The number of nitrogens with one attached hydrogen (secondary N) is 1. The molecule has 0 spiro atoms. The molecule has 0 radical (unpaired) electrons. The Kier molecular flexibility index (Phi) is 6.30. The van der Waals surface area contributed by atoms with Gasteiger partial charge in [0.15, 0.2) is 5.96 Å². The summed E-state index contributed by atoms with van der Waals surface area (Å²) < 4.78 is 5.23. The number of hydrogen-bond acceptors (Lipinski definition) is 4. The molecule has 1 aromatic heterocycles. The topological polar surface area (TPSA) is 53.0 Å². The molecule has 6 heteroatoms. The van der Waals surface area contributed by atoms with E-state index in [2.05, 4.69) is 43.3 Å². The smallest absolute Gasteiger partial charge is 0.193 e. The Hall–Kier alpha value is -2.76. The van der Waals surface area contributed by atoms with Crippen LogP contribution >= 0.6 is 0 Å². The lowest BCUT2D eigenvalue weighted by Gasteiger charge is -2.37. The third-order valence-electron chi connectivity index (χ3n) is 4.62. The summed E-state index contributed by atoms with van der Waals surface area (Å²) in [6, 6.07) is 14.3. The van der Waals surface area contributed by atoms with Crippen molar-refractivity contribution in [3.8, 4) is 5.75 Å². The summed E-state index contributed by atoms with van der Waals surface area (Å²) in [5, 5.41) is 3.46. The van der Waals surface area contributed by atoms with Crippen LogP contribution in [0.3, 0.4) is 0 Å². The molecule has 0 unspecified atom stereocenters. The van der Waals surface area contributed by atoms with Gasteiger partial charge in [0.2, 0.25) is 0 Å². The molecule has 26 heavy (non-hydrogen) atoms. The molecule has 2 heterocycles. The molecule has 1 N–H and O–H groups in total. The van der Waals surface area contributed by atoms with Crippen molar-refractivity contribution in [3.63, 3.8) is 0 Å². The maximum Gasteiger partial charge on any atom is 0.193 e. The van der Waals surface area contributed by atoms with Gasteiger partial charge in [-0.1, -0.05) is 6.07 Å². The number of anilines is 1. The van der Waals surface area contributed by atoms with Gasteiger partial charge in [0.1, 0.15) is 5.75 Å². The molecule has 138 valence electrons. The van der Waals surface area contributed by atoms with E-state index in [1.807, 2.05) is 37.5 Å². The van der Waals surface area contributed by atoms with E-state index in [-0.39, 0.29) is 0 Å². The highest BCUT2D eigenvalue weighted by Crippen LogP contribution is 2.20. The largest absolute Gasteiger partial charge is 0.497 e. The monoisotopic (exact) mass is 353 g/mol. The van der Waals surface area contributed by atoms with Crippen molar-refractivity contribution >= 4 is 11.6 Å². The predicted octanol–water partition coefficient (Wildman–Crippen LogP) is 2.03. The number of guanidine groups is 1. The summed E-state index contributed by atoms with van der Waals surface area (Å²) in [5.41, 5.74) is 2.34. The minimum Gasteiger partial charge on any atom is -0.497 e. The summed E-state index contributed by atoms with van der Waals surface area (Å²) in [4.78, 5) is 13.5. The van der Waals surface area contributed by atoms with E-state index < -0.39 is 0 Å². The number of piperazine rings is 1. The molecule has 1 aliphatic rings. The molecular weight excluding hydrogens is 326 g/mol. The third kappa shape index (κ3) is 4.65. The molecule has 1 saturated heterocycles. The lowest BCUT2D eigenvalue weighted by atomic mass is 10.2. The molecular formula is C20H27N5O. The number of rotatable bonds is 5. The van der Waals surface area contributed by atoms with Gasteiger partial charge in [0, 0.05) is 63.8 Å². The van der Waals surface area contributed by atoms with Gasteiger partial charge in [-0.15, -0.1) is 0 Å². The standard InChI is InChI=1S/C20H27N5O/c1-21-20(23-12-10-17-5-3-4-11-22-17)25-15-13-24(14-16-25)18-6-8-19(26-2)9-7-18/h3-9,11H,10,12-16H2,1-2H3,(H,21,23). The lowest BCUT2D eigenvalue weighted by Crippen LogP contribution is -2.52. The van der Waals surface area contributed by atoms with Crippen LogP contribution < -0.4 is 15.0 Å². The Balaban J connectivity index is 1.47. The third-order valence-corrected chi connectivity index (χ3v) is 4.62. The summed E-state index contributed by atoms with van der Waals surface area (Å²) >= 11 is 0. The second-order valence-corrected chi connectivity index (χ2v) is 6.22. The fourth-order valence-electron chi connectivity index (χ4n) is 3.15. The van der Waals surface area contributed by atoms with E-state index in [1.54, 1.807) is 7.11 Å². The molecule has 6 nitrogen and oxygen atoms in total. The van der Waals surface area contributed by atoms with Crippen LogP contribution in [0.1, 0.15) is 5.69 Å². The second-order valence-electron chi connectivity index (χ2n) is 6.22. The fraction of sp³-hybridized carbons (Fsp3) is 0.400. The van der Waals surface area contributed by atoms with Crippen molar-refractivity contribution in [1.82, 2.24) is 15.2 Å². The maximum atomic E-state index is 5.23. The summed E-state index contributed by atoms with van der Waals surface area (Å²) in [5.74, 6) is 1.86. The Morgan fingerprint density at radius 3 is 2.50 bits per heavy atom. The second kappa shape index (κ2) is 9.08. The van der Waals surface area contributed by atoms with Gasteiger partial charge < -0.3 is 19.9 Å². The van der Waals surface area contributed by atoms with Crippen LogP contribution in [0.4, 0.5) is 5.69 Å². The molecule has 2 aromatic rings. The number of hydrogen-bond donors (Lipinski definition) is 1. The van der Waals surface area contributed by atoms with Gasteiger partial charge in [0.25, 0.3) is 0 Å². The van der Waals surface area contributed by atoms with Crippen LogP contribution in [0.2, 0.25) is 0 Å². The first kappa shape index (κ1) is 18.0. The zero-order valence-corrected chi connectivity index (χ0v) is 15.6. The average molecular weight is 353 g/mol. The van der Waals surface area contributed by atoms with Gasteiger partial charge in [-0.25, -0.2) is 0 Å². The molecule has 1 aliphatic heterocycles. The van der Waals surface area contributed by atoms with Crippen molar-refractivity contribution in [3.05, 3.63) is 54.4 Å². The van der Waals surface area contributed by atoms with Crippen LogP contribution in [0, 0.1) is 0 Å². The Bertz CT molecular complexity index is 694. The van der Waals surface area contributed by atoms with E-state index in [0.29, 0.717) is 0 Å². The molecule has 1 aromatic carbocycles. The van der Waals surface area contributed by atoms with E-state index in [0.717, 1.165) is 56.5 Å². The number of nitrogens with zero attached hydrogens (tertiary/aromatic N) is 4. The highest BCUT2D eigenvalue weighted by atomic mass is 16.5. The van der Waals surface area contributed by atoms with Gasteiger partial charge in [-0.3, -0.25) is 9.98 Å². The molecule has 3 rings (SSSR count). The van der Waals surface area contributed by atoms with Crippen molar-refractivity contribution in [2.75, 3.05) is 51.8 Å². The van der Waals surface area contributed by atoms with Crippen LogP contribution in [0.15, 0.2) is 53.7 Å². The highest BCUT2D eigenvalue weighted by molar-refractivity contribution is 5.80. The minimum absolute atomic E-state index is 0.836. The van der Waals surface area contributed by atoms with Crippen LogP contribution in [0.5, 0.6) is 5.75 Å². The van der Waals surface area contributed by atoms with E-state index >= 15 is 0 Å². The number of methoxy groups -OCH3 is 1. The number of aliphatic imine (C=N–C) groups is 1. The lowest BCUT2D eigenvalue weighted by molar-refractivity contribution is 0.372. The molecule has 0 atom stereocenters. The number of pyridine rings is 1. The van der Waals surface area contributed by atoms with Crippen molar-refractivity contribution in [2.45, 2.75) is 6.42 Å². The molecule has 0 bridgehead atoms. The van der Waals surface area contributed by atoms with Crippen LogP contribution in [0.25, 0.3) is 0 Å². The van der Waals surface area contributed by atoms with Crippen molar-refractivity contribution in [1.29, 1.82) is 0 Å². The van der Waals surface area contributed by atoms with E-state index in [4.69, 9.17) is 4.74 Å². The first-order valence-corrected chi connectivity index (χ1v) is 9.04. The zero-order chi connectivity index (χ0) is 18.2. The summed E-state index contributed by atoms with van der Waals surface area (Å²) in [7, 11) is 3.54. The first-order valence-electron chi connectivity index (χ1n) is 9.04. The maximum absolute atomic E-state index is 5.23. The van der Waals surface area contributed by atoms with Gasteiger partial charge in [-0.2, -0.15) is 0 Å².